The molecule has 0 saturated heterocycles. The van der Waals surface area contributed by atoms with Crippen LogP contribution >= 0.6 is 0 Å². The Bertz CT molecular complexity index is 1180. The van der Waals surface area contributed by atoms with Crippen LogP contribution in [0.5, 0.6) is 5.75 Å². The molecule has 3 aromatic rings. The third-order valence-corrected chi connectivity index (χ3v) is 5.94. The van der Waals surface area contributed by atoms with Crippen molar-refractivity contribution in [1.29, 1.82) is 0 Å². The van der Waals surface area contributed by atoms with Crippen LogP contribution in [0.15, 0.2) is 71.1 Å². The van der Waals surface area contributed by atoms with Gasteiger partial charge in [-0.1, -0.05) is 68.7 Å². The molecule has 3 amide bonds. The lowest BCUT2D eigenvalue weighted by Gasteiger charge is -2.17. The Balaban J connectivity index is 1.48. The van der Waals surface area contributed by atoms with E-state index >= 15 is 0 Å². The van der Waals surface area contributed by atoms with E-state index in [4.69, 9.17) is 14.0 Å². The van der Waals surface area contributed by atoms with Gasteiger partial charge in [-0.2, -0.15) is 0 Å². The average Bonchev–Trinajstić information content (AvgIpc) is 3.43. The van der Waals surface area contributed by atoms with Crippen molar-refractivity contribution in [1.82, 2.24) is 16.1 Å². The van der Waals surface area contributed by atoms with Gasteiger partial charge in [-0.05, 0) is 36.2 Å². The maximum atomic E-state index is 12.8. The van der Waals surface area contributed by atoms with Crippen molar-refractivity contribution in [2.75, 3.05) is 13.8 Å². The van der Waals surface area contributed by atoms with E-state index in [0.717, 1.165) is 30.4 Å². The normalized spacial score (nSPS) is 11.4. The summed E-state index contributed by atoms with van der Waals surface area (Å²) in [5.74, 6) is -0.470. The molecule has 3 N–H and O–H groups in total. The molecule has 0 spiro atoms. The first-order chi connectivity index (χ1) is 18.5. The van der Waals surface area contributed by atoms with Crippen molar-refractivity contribution in [3.8, 4) is 17.1 Å². The number of nitrogens with one attached hydrogen (secondary N) is 3. The van der Waals surface area contributed by atoms with Crippen molar-refractivity contribution >= 4 is 17.7 Å². The number of unbranched alkanes of at least 4 members (excludes halogenated alkanes) is 2. The molecule has 0 unspecified atom stereocenters. The van der Waals surface area contributed by atoms with Crippen molar-refractivity contribution in [2.24, 2.45) is 5.92 Å². The molecule has 0 aliphatic heterocycles. The van der Waals surface area contributed by atoms with Crippen LogP contribution in [0.3, 0.4) is 0 Å². The van der Waals surface area contributed by atoms with Crippen LogP contribution in [0.2, 0.25) is 0 Å². The van der Waals surface area contributed by atoms with Gasteiger partial charge in [-0.15, -0.1) is 0 Å². The third-order valence-electron chi connectivity index (χ3n) is 5.94. The van der Waals surface area contributed by atoms with Gasteiger partial charge in [0.25, 0.3) is 5.91 Å². The summed E-state index contributed by atoms with van der Waals surface area (Å²) in [6.45, 7) is 2.21. The van der Waals surface area contributed by atoms with E-state index in [1.165, 1.54) is 0 Å². The number of hydrogen-bond acceptors (Lipinski definition) is 6. The summed E-state index contributed by atoms with van der Waals surface area (Å²) < 4.78 is 11.0. The molecule has 38 heavy (non-hydrogen) atoms. The molecule has 0 saturated carbocycles. The minimum absolute atomic E-state index is 0.0151. The molecule has 1 atom stereocenters. The Labute approximate surface area is 222 Å². The van der Waals surface area contributed by atoms with Gasteiger partial charge in [-0.25, -0.2) is 5.48 Å². The molecule has 3 rings (SSSR count). The van der Waals surface area contributed by atoms with Crippen LogP contribution < -0.4 is 20.9 Å². The molecule has 2 aromatic carbocycles. The van der Waals surface area contributed by atoms with Crippen LogP contribution in [-0.2, 0) is 21.0 Å². The van der Waals surface area contributed by atoms with Crippen molar-refractivity contribution in [3.05, 3.63) is 78.1 Å². The molecule has 1 aromatic heterocycles. The van der Waals surface area contributed by atoms with Gasteiger partial charge < -0.3 is 19.8 Å². The van der Waals surface area contributed by atoms with Gasteiger partial charge in [0.15, 0.2) is 5.76 Å². The quantitative estimate of drug-likeness (QED) is 0.153. The highest BCUT2D eigenvalue weighted by molar-refractivity contribution is 5.92. The highest BCUT2D eigenvalue weighted by Crippen LogP contribution is 2.30. The fraction of sp³-hybridized carbons (Fsp3) is 0.345. The summed E-state index contributed by atoms with van der Waals surface area (Å²) in [6.07, 6.45) is 3.31. The SMILES string of the molecule is CCCCC[C@H](CC(=O)NOCc1ccccc1)C(=O)NCNC(=O)c1ccc(-c2ccccc2OC)o1. The molecule has 0 radical (unpaired) electrons. The third kappa shape index (κ3) is 8.77. The smallest absolute Gasteiger partial charge is 0.288 e. The second kappa shape index (κ2) is 15.2. The summed E-state index contributed by atoms with van der Waals surface area (Å²) in [7, 11) is 1.56. The molecule has 1 heterocycles. The topological polar surface area (TPSA) is 119 Å². The van der Waals surface area contributed by atoms with Gasteiger partial charge >= 0.3 is 0 Å². The van der Waals surface area contributed by atoms with E-state index < -0.39 is 11.8 Å². The average molecular weight is 522 g/mol. The number of carbonyl (C=O) groups is 3. The predicted octanol–water partition coefficient (Wildman–Crippen LogP) is 4.59. The zero-order valence-corrected chi connectivity index (χ0v) is 21.8. The van der Waals surface area contributed by atoms with E-state index in [1.807, 2.05) is 48.5 Å². The second-order valence-electron chi connectivity index (χ2n) is 8.78. The van der Waals surface area contributed by atoms with Gasteiger partial charge in [-0.3, -0.25) is 19.2 Å². The number of furan rings is 1. The van der Waals surface area contributed by atoms with Crippen LogP contribution in [0.1, 0.15) is 55.1 Å². The number of hydrogen-bond donors (Lipinski definition) is 3. The van der Waals surface area contributed by atoms with Crippen LogP contribution in [0, 0.1) is 5.92 Å². The molecule has 9 heteroatoms. The Kier molecular flexibility index (Phi) is 11.4. The highest BCUT2D eigenvalue weighted by atomic mass is 16.6. The summed E-state index contributed by atoms with van der Waals surface area (Å²) in [6, 6.07) is 20.0. The first-order valence-corrected chi connectivity index (χ1v) is 12.8. The predicted molar refractivity (Wildman–Crippen MR) is 143 cm³/mol. The summed E-state index contributed by atoms with van der Waals surface area (Å²) in [4.78, 5) is 43.1. The molecule has 0 fully saturated rings. The molecule has 0 aliphatic carbocycles. The summed E-state index contributed by atoms with van der Waals surface area (Å²) in [5.41, 5.74) is 4.07. The molecule has 0 aliphatic rings. The maximum absolute atomic E-state index is 12.8. The van der Waals surface area contributed by atoms with Crippen LogP contribution in [-0.4, -0.2) is 31.5 Å². The molecular formula is C29H35N3O6. The van der Waals surface area contributed by atoms with Crippen molar-refractivity contribution in [3.63, 3.8) is 0 Å². The lowest BCUT2D eigenvalue weighted by molar-refractivity contribution is -0.139. The zero-order chi connectivity index (χ0) is 27.2. The van der Waals surface area contributed by atoms with Crippen LogP contribution in [0.25, 0.3) is 11.3 Å². The number of carbonyl (C=O) groups excluding carboxylic acids is 3. The first-order valence-electron chi connectivity index (χ1n) is 12.8. The second-order valence-corrected chi connectivity index (χ2v) is 8.78. The monoisotopic (exact) mass is 521 g/mol. The minimum atomic E-state index is -0.542. The number of ether oxygens (including phenoxy) is 1. The van der Waals surface area contributed by atoms with E-state index in [0.29, 0.717) is 17.9 Å². The van der Waals surface area contributed by atoms with E-state index in [-0.39, 0.29) is 37.3 Å². The molecule has 0 bridgehead atoms. The number of hydroxylamine groups is 1. The summed E-state index contributed by atoms with van der Waals surface area (Å²) in [5, 5.41) is 5.33. The fourth-order valence-electron chi connectivity index (χ4n) is 3.90. The van der Waals surface area contributed by atoms with Gasteiger partial charge in [0.2, 0.25) is 11.8 Å². The standard InChI is InChI=1S/C29H35N3O6/c1-3-4-6-13-22(18-27(33)32-37-19-21-11-7-5-8-12-21)28(34)30-20-31-29(35)26-17-16-25(38-26)23-14-9-10-15-24(23)36-2/h5,7-12,14-17,22H,3-4,6,13,18-20H2,1-2H3,(H,30,34)(H,31,35)(H,32,33)/t22-/m1/s1. The number of amides is 3. The maximum Gasteiger partial charge on any atom is 0.288 e. The number of methoxy groups -OCH3 is 1. The Hall–Kier alpha value is -4.11. The Morgan fingerprint density at radius 2 is 1.68 bits per heavy atom. The van der Waals surface area contributed by atoms with Gasteiger partial charge in [0.05, 0.1) is 25.9 Å². The molecule has 9 nitrogen and oxygen atoms in total. The number of benzene rings is 2. The van der Waals surface area contributed by atoms with E-state index in [1.54, 1.807) is 25.3 Å². The lowest BCUT2D eigenvalue weighted by atomic mass is 9.96. The lowest BCUT2D eigenvalue weighted by Crippen LogP contribution is -2.41. The Morgan fingerprint density at radius 1 is 0.921 bits per heavy atom. The highest BCUT2D eigenvalue weighted by Gasteiger charge is 2.22. The number of rotatable bonds is 15. The summed E-state index contributed by atoms with van der Waals surface area (Å²) >= 11 is 0. The Morgan fingerprint density at radius 3 is 2.45 bits per heavy atom. The van der Waals surface area contributed by atoms with E-state index in [2.05, 4.69) is 23.0 Å². The molecule has 202 valence electrons. The van der Waals surface area contributed by atoms with Gasteiger partial charge in [0.1, 0.15) is 11.5 Å². The van der Waals surface area contributed by atoms with Crippen molar-refractivity contribution in [2.45, 2.75) is 45.6 Å². The number of para-hydroxylation sites is 1. The fourth-order valence-corrected chi connectivity index (χ4v) is 3.90. The largest absolute Gasteiger partial charge is 0.496 e. The van der Waals surface area contributed by atoms with Crippen LogP contribution in [0.4, 0.5) is 0 Å². The first kappa shape index (κ1) is 28.5. The minimum Gasteiger partial charge on any atom is -0.496 e. The van der Waals surface area contributed by atoms with E-state index in [9.17, 15) is 14.4 Å². The van der Waals surface area contributed by atoms with Gasteiger partial charge in [0, 0.05) is 12.3 Å². The zero-order valence-electron chi connectivity index (χ0n) is 21.8. The van der Waals surface area contributed by atoms with Crippen molar-refractivity contribution < 1.29 is 28.4 Å². The molecular weight excluding hydrogens is 486 g/mol.